The van der Waals surface area contributed by atoms with Gasteiger partial charge >= 0.3 is 19.8 Å². The van der Waals surface area contributed by atoms with Crippen molar-refractivity contribution >= 4 is 19.8 Å². The van der Waals surface area contributed by atoms with Crippen LogP contribution in [0.4, 0.5) is 0 Å². The first-order chi connectivity index (χ1) is 27.2. The van der Waals surface area contributed by atoms with Crippen LogP contribution in [-0.4, -0.2) is 65.7 Å². The van der Waals surface area contributed by atoms with Crippen LogP contribution < -0.4 is 0 Å². The second-order valence-corrected chi connectivity index (χ2v) is 17.6. The molecule has 3 atom stereocenters. The number of unbranched alkanes of at least 4 members (excludes halogenated alkanes) is 31. The highest BCUT2D eigenvalue weighted by molar-refractivity contribution is 7.47. The van der Waals surface area contributed by atoms with Crippen molar-refractivity contribution < 1.29 is 47.8 Å². The number of carbonyl (C=O) groups excluding carboxylic acids is 2. The van der Waals surface area contributed by atoms with Crippen molar-refractivity contribution in [2.45, 2.75) is 251 Å². The Balaban J connectivity index is 4.18. The minimum absolute atomic E-state index is 0.193. The zero-order chi connectivity index (χ0) is 41.2. The molecule has 3 N–H and O–H groups in total. The molecule has 0 aliphatic rings. The van der Waals surface area contributed by atoms with Gasteiger partial charge in [0.2, 0.25) is 0 Å². The molecule has 0 bridgehead atoms. The number of hydrogen-bond acceptors (Lipinski definition) is 9. The third kappa shape index (κ3) is 41.1. The van der Waals surface area contributed by atoms with E-state index in [9.17, 15) is 24.2 Å². The Kier molecular flexibility index (Phi) is 41.3. The number of ether oxygens (including phenoxy) is 2. The molecule has 0 aromatic carbocycles. The molecule has 0 aliphatic carbocycles. The molecular formula is C45H89O10P. The van der Waals surface area contributed by atoms with Crippen LogP contribution in [0, 0.1) is 0 Å². The van der Waals surface area contributed by atoms with Crippen LogP contribution >= 0.6 is 7.82 Å². The molecule has 0 saturated heterocycles. The van der Waals surface area contributed by atoms with Crippen molar-refractivity contribution in [1.82, 2.24) is 0 Å². The van der Waals surface area contributed by atoms with Gasteiger partial charge in [0.25, 0.3) is 0 Å². The molecule has 0 aliphatic heterocycles. The average Bonchev–Trinajstić information content (AvgIpc) is 3.19. The van der Waals surface area contributed by atoms with Crippen LogP contribution in [0.25, 0.3) is 0 Å². The van der Waals surface area contributed by atoms with Crippen LogP contribution in [0.15, 0.2) is 0 Å². The zero-order valence-corrected chi connectivity index (χ0v) is 37.3. The van der Waals surface area contributed by atoms with E-state index in [0.717, 1.165) is 32.1 Å². The first-order valence-corrected chi connectivity index (χ1v) is 25.0. The first kappa shape index (κ1) is 55.0. The van der Waals surface area contributed by atoms with Gasteiger partial charge in [-0.3, -0.25) is 18.6 Å². The van der Waals surface area contributed by atoms with E-state index >= 15 is 0 Å². The fourth-order valence-electron chi connectivity index (χ4n) is 6.88. The molecule has 10 nitrogen and oxygen atoms in total. The molecule has 56 heavy (non-hydrogen) atoms. The molecule has 11 heteroatoms. The lowest BCUT2D eigenvalue weighted by molar-refractivity contribution is -0.161. The summed E-state index contributed by atoms with van der Waals surface area (Å²) in [5.74, 6) is -0.906. The van der Waals surface area contributed by atoms with Crippen LogP contribution in [-0.2, 0) is 32.7 Å². The van der Waals surface area contributed by atoms with E-state index in [2.05, 4.69) is 13.8 Å². The van der Waals surface area contributed by atoms with Gasteiger partial charge in [0.05, 0.1) is 19.8 Å². The monoisotopic (exact) mass is 821 g/mol. The smallest absolute Gasteiger partial charge is 0.462 e. The molecule has 0 saturated carbocycles. The summed E-state index contributed by atoms with van der Waals surface area (Å²) >= 11 is 0. The third-order valence-electron chi connectivity index (χ3n) is 10.5. The molecule has 0 radical (unpaired) electrons. The lowest BCUT2D eigenvalue weighted by atomic mass is 10.0. The molecule has 0 fully saturated rings. The minimum Gasteiger partial charge on any atom is -0.462 e. The van der Waals surface area contributed by atoms with E-state index in [4.69, 9.17) is 23.6 Å². The maximum Gasteiger partial charge on any atom is 0.472 e. The van der Waals surface area contributed by atoms with Crippen LogP contribution in [0.3, 0.4) is 0 Å². The van der Waals surface area contributed by atoms with Crippen molar-refractivity contribution in [3.8, 4) is 0 Å². The fourth-order valence-corrected chi connectivity index (χ4v) is 7.67. The number of phosphoric acid groups is 1. The van der Waals surface area contributed by atoms with E-state index in [0.29, 0.717) is 12.8 Å². The molecule has 0 aromatic rings. The van der Waals surface area contributed by atoms with Crippen molar-refractivity contribution in [2.24, 2.45) is 0 Å². The van der Waals surface area contributed by atoms with Crippen molar-refractivity contribution in [2.75, 3.05) is 26.4 Å². The van der Waals surface area contributed by atoms with Gasteiger partial charge in [0.15, 0.2) is 6.10 Å². The Labute approximate surface area is 344 Å². The summed E-state index contributed by atoms with van der Waals surface area (Å²) < 4.78 is 32.8. The standard InChI is InChI=1S/C45H89O10P/c1-3-5-7-9-11-13-15-17-19-20-21-22-23-25-27-29-31-33-35-37-45(49)55-43(41-54-56(50,51)53-39-42(47)38-46)40-52-44(48)36-34-32-30-28-26-24-18-16-14-12-10-8-6-4-2/h42-43,46-47H,3-41H2,1-2H3,(H,50,51)/t42-,43+/m0/s1. The van der Waals surface area contributed by atoms with Gasteiger partial charge in [0.1, 0.15) is 12.7 Å². The minimum atomic E-state index is -4.61. The molecule has 0 amide bonds. The van der Waals surface area contributed by atoms with E-state index in [1.165, 1.54) is 167 Å². The average molecular weight is 821 g/mol. The highest BCUT2D eigenvalue weighted by Gasteiger charge is 2.27. The molecule has 0 heterocycles. The Morgan fingerprint density at radius 1 is 0.464 bits per heavy atom. The second-order valence-electron chi connectivity index (χ2n) is 16.2. The van der Waals surface area contributed by atoms with Crippen LogP contribution in [0.2, 0.25) is 0 Å². The SMILES string of the molecule is CCCCCCCCCCCCCCCCCCCCCC(=O)O[C@H](COC(=O)CCCCCCCCCCCCCCCC)COP(=O)(O)OC[C@@H](O)CO. The summed E-state index contributed by atoms with van der Waals surface area (Å²) in [5.41, 5.74) is 0. The van der Waals surface area contributed by atoms with Gasteiger partial charge in [-0.2, -0.15) is 0 Å². The van der Waals surface area contributed by atoms with Crippen molar-refractivity contribution in [3.05, 3.63) is 0 Å². The topological polar surface area (TPSA) is 149 Å². The molecular weight excluding hydrogens is 731 g/mol. The van der Waals surface area contributed by atoms with E-state index < -0.39 is 51.8 Å². The van der Waals surface area contributed by atoms with Gasteiger partial charge in [-0.05, 0) is 12.8 Å². The highest BCUT2D eigenvalue weighted by atomic mass is 31.2. The largest absolute Gasteiger partial charge is 0.472 e. The second kappa shape index (κ2) is 42.1. The summed E-state index contributed by atoms with van der Waals surface area (Å²) in [6.07, 6.45) is 39.2. The summed E-state index contributed by atoms with van der Waals surface area (Å²) in [7, 11) is -4.61. The maximum absolute atomic E-state index is 12.6. The number of rotatable bonds is 45. The van der Waals surface area contributed by atoms with Crippen molar-refractivity contribution in [1.29, 1.82) is 0 Å². The quantitative estimate of drug-likeness (QED) is 0.0308. The zero-order valence-electron chi connectivity index (χ0n) is 36.4. The van der Waals surface area contributed by atoms with Crippen molar-refractivity contribution in [3.63, 3.8) is 0 Å². The van der Waals surface area contributed by atoms with Gasteiger partial charge < -0.3 is 24.6 Å². The number of phosphoric ester groups is 1. The van der Waals surface area contributed by atoms with Crippen LogP contribution in [0.1, 0.15) is 239 Å². The van der Waals surface area contributed by atoms with Gasteiger partial charge in [-0.25, -0.2) is 4.57 Å². The van der Waals surface area contributed by atoms with E-state index in [1.807, 2.05) is 0 Å². The molecule has 0 rings (SSSR count). The summed E-state index contributed by atoms with van der Waals surface area (Å²) in [5, 5.41) is 18.3. The van der Waals surface area contributed by atoms with Gasteiger partial charge in [0, 0.05) is 12.8 Å². The third-order valence-corrected chi connectivity index (χ3v) is 11.5. The number of aliphatic hydroxyl groups excluding tert-OH is 2. The van der Waals surface area contributed by atoms with Crippen LogP contribution in [0.5, 0.6) is 0 Å². The molecule has 1 unspecified atom stereocenters. The number of carbonyl (C=O) groups is 2. The predicted molar refractivity (Wildman–Crippen MR) is 229 cm³/mol. The van der Waals surface area contributed by atoms with E-state index in [-0.39, 0.29) is 19.4 Å². The predicted octanol–water partition coefficient (Wildman–Crippen LogP) is 12.6. The summed E-state index contributed by atoms with van der Waals surface area (Å²) in [6, 6.07) is 0. The number of esters is 2. The fraction of sp³-hybridized carbons (Fsp3) is 0.956. The maximum atomic E-state index is 12.6. The van der Waals surface area contributed by atoms with Gasteiger partial charge in [-0.1, -0.05) is 213 Å². The molecule has 0 spiro atoms. The normalized spacial score (nSPS) is 13.7. The van der Waals surface area contributed by atoms with E-state index in [1.54, 1.807) is 0 Å². The highest BCUT2D eigenvalue weighted by Crippen LogP contribution is 2.43. The Morgan fingerprint density at radius 2 is 0.768 bits per heavy atom. The first-order valence-electron chi connectivity index (χ1n) is 23.5. The number of aliphatic hydroxyl groups is 2. The Morgan fingerprint density at radius 3 is 1.11 bits per heavy atom. The Hall–Kier alpha value is -1.03. The summed E-state index contributed by atoms with van der Waals surface area (Å²) in [6.45, 7) is 2.43. The molecule has 0 aromatic heterocycles. The number of hydrogen-bond donors (Lipinski definition) is 3. The molecule has 334 valence electrons. The Bertz CT molecular complexity index is 904. The summed E-state index contributed by atoms with van der Waals surface area (Å²) in [4.78, 5) is 35.0. The van der Waals surface area contributed by atoms with Gasteiger partial charge in [-0.15, -0.1) is 0 Å². The lowest BCUT2D eigenvalue weighted by Gasteiger charge is -2.20. The lowest BCUT2D eigenvalue weighted by Crippen LogP contribution is -2.29.